The second-order valence-electron chi connectivity index (χ2n) is 5.31. The fourth-order valence-electron chi connectivity index (χ4n) is 2.23. The first-order valence-electron chi connectivity index (χ1n) is 7.21. The Labute approximate surface area is 143 Å². The van der Waals surface area contributed by atoms with Crippen LogP contribution < -0.4 is 5.32 Å². The van der Waals surface area contributed by atoms with E-state index in [4.69, 9.17) is 11.6 Å². The molecule has 3 rings (SSSR count). The molecule has 0 fully saturated rings. The van der Waals surface area contributed by atoms with Gasteiger partial charge in [0.05, 0.1) is 11.4 Å². The number of hydrogen-bond donors (Lipinski definition) is 1. The summed E-state index contributed by atoms with van der Waals surface area (Å²) in [6.45, 7) is 3.59. The van der Waals surface area contributed by atoms with Gasteiger partial charge in [0, 0.05) is 6.20 Å². The number of benzene rings is 1. The highest BCUT2D eigenvalue weighted by atomic mass is 35.5. The molecule has 0 atom stereocenters. The second-order valence-corrected chi connectivity index (χ2v) is 5.67. The second kappa shape index (κ2) is 6.41. The maximum Gasteiger partial charge on any atom is 0.261 e. The third-order valence-electron chi connectivity index (χ3n) is 3.46. The van der Waals surface area contributed by atoms with Crippen LogP contribution in [0.4, 0.5) is 10.2 Å². The predicted octanol–water partition coefficient (Wildman–Crippen LogP) is 3.93. The van der Waals surface area contributed by atoms with Crippen molar-refractivity contribution in [3.8, 4) is 5.69 Å². The molecule has 1 N–H and O–H groups in total. The molecule has 0 radical (unpaired) electrons. The van der Waals surface area contributed by atoms with E-state index in [1.54, 1.807) is 19.2 Å². The fourth-order valence-corrected chi connectivity index (χ4v) is 2.59. The predicted molar refractivity (Wildman–Crippen MR) is 90.2 cm³/mol. The molecule has 24 heavy (non-hydrogen) atoms. The number of aryl methyl sites for hydroxylation is 2. The van der Waals surface area contributed by atoms with Crippen molar-refractivity contribution in [2.75, 3.05) is 5.32 Å². The lowest BCUT2D eigenvalue weighted by molar-refractivity contribution is 0.102. The molecular formula is C17H14ClFN4O. The summed E-state index contributed by atoms with van der Waals surface area (Å²) >= 11 is 6.32. The maximum atomic E-state index is 13.1. The molecule has 1 amide bonds. The van der Waals surface area contributed by atoms with E-state index in [0.29, 0.717) is 17.2 Å². The highest BCUT2D eigenvalue weighted by Gasteiger charge is 2.21. The maximum absolute atomic E-state index is 13.1. The summed E-state index contributed by atoms with van der Waals surface area (Å²) in [5.74, 6) is -0.333. The molecule has 2 heterocycles. The van der Waals surface area contributed by atoms with Gasteiger partial charge in [-0.3, -0.25) is 4.79 Å². The normalized spacial score (nSPS) is 10.7. The van der Waals surface area contributed by atoms with E-state index in [9.17, 15) is 9.18 Å². The zero-order chi connectivity index (χ0) is 17.3. The number of pyridine rings is 1. The minimum absolute atomic E-state index is 0.156. The van der Waals surface area contributed by atoms with Crippen LogP contribution >= 0.6 is 11.6 Å². The third kappa shape index (κ3) is 3.14. The van der Waals surface area contributed by atoms with Crippen molar-refractivity contribution >= 4 is 23.3 Å². The van der Waals surface area contributed by atoms with E-state index in [0.717, 1.165) is 5.56 Å². The van der Waals surface area contributed by atoms with Crippen LogP contribution in [0.3, 0.4) is 0 Å². The lowest BCUT2D eigenvalue weighted by Gasteiger charge is -2.05. The molecule has 0 unspecified atom stereocenters. The highest BCUT2D eigenvalue weighted by molar-refractivity contribution is 6.34. The fraction of sp³-hybridized carbons (Fsp3) is 0.118. The first-order chi connectivity index (χ1) is 11.5. The summed E-state index contributed by atoms with van der Waals surface area (Å²) in [7, 11) is 0. The van der Waals surface area contributed by atoms with Gasteiger partial charge in [0.1, 0.15) is 22.4 Å². The molecule has 0 spiro atoms. The number of carbonyl (C=O) groups is 1. The molecule has 1 aromatic carbocycles. The Kier molecular flexibility index (Phi) is 4.31. The average Bonchev–Trinajstić information content (AvgIpc) is 2.85. The van der Waals surface area contributed by atoms with E-state index in [2.05, 4.69) is 15.4 Å². The summed E-state index contributed by atoms with van der Waals surface area (Å²) in [5, 5.41) is 7.12. The van der Waals surface area contributed by atoms with Gasteiger partial charge >= 0.3 is 0 Å². The number of rotatable bonds is 3. The van der Waals surface area contributed by atoms with Crippen LogP contribution in [0.2, 0.25) is 5.15 Å². The molecule has 3 aromatic rings. The summed E-state index contributed by atoms with van der Waals surface area (Å²) in [5.41, 5.74) is 2.28. The number of nitrogens with one attached hydrogen (secondary N) is 1. The minimum Gasteiger partial charge on any atom is -0.306 e. The molecule has 0 saturated heterocycles. The van der Waals surface area contributed by atoms with Crippen molar-refractivity contribution in [2.24, 2.45) is 0 Å². The Bertz CT molecular complexity index is 888. The molecule has 0 aliphatic rings. The van der Waals surface area contributed by atoms with Crippen LogP contribution in [0, 0.1) is 19.7 Å². The zero-order valence-corrected chi connectivity index (χ0v) is 13.8. The SMILES string of the molecule is Cc1ccc(NC(=O)c2c(C)nn(-c3ccc(F)cc3)c2Cl)nc1. The van der Waals surface area contributed by atoms with Gasteiger partial charge in [-0.15, -0.1) is 0 Å². The lowest BCUT2D eigenvalue weighted by atomic mass is 10.2. The smallest absolute Gasteiger partial charge is 0.261 e. The van der Waals surface area contributed by atoms with E-state index in [-0.39, 0.29) is 16.5 Å². The first-order valence-corrected chi connectivity index (χ1v) is 7.58. The van der Waals surface area contributed by atoms with Crippen molar-refractivity contribution < 1.29 is 9.18 Å². The molecule has 0 aliphatic carbocycles. The number of aromatic nitrogens is 3. The lowest BCUT2D eigenvalue weighted by Crippen LogP contribution is -2.14. The molecule has 2 aromatic heterocycles. The van der Waals surface area contributed by atoms with Gasteiger partial charge in [0.15, 0.2) is 0 Å². The van der Waals surface area contributed by atoms with Crippen LogP contribution in [-0.4, -0.2) is 20.7 Å². The standard InChI is InChI=1S/C17H14ClFN4O/c1-10-3-8-14(20-9-10)21-17(24)15-11(2)22-23(16(15)18)13-6-4-12(19)5-7-13/h3-9H,1-2H3,(H,20,21,24). The molecular weight excluding hydrogens is 331 g/mol. The zero-order valence-electron chi connectivity index (χ0n) is 13.0. The molecule has 5 nitrogen and oxygen atoms in total. The molecule has 0 aliphatic heterocycles. The monoisotopic (exact) mass is 344 g/mol. The van der Waals surface area contributed by atoms with Crippen molar-refractivity contribution in [1.82, 2.24) is 14.8 Å². The Morgan fingerprint density at radius 1 is 1.17 bits per heavy atom. The molecule has 0 bridgehead atoms. The van der Waals surface area contributed by atoms with Crippen LogP contribution in [0.15, 0.2) is 42.6 Å². The molecule has 0 saturated carbocycles. The van der Waals surface area contributed by atoms with Crippen LogP contribution in [0.25, 0.3) is 5.69 Å². The van der Waals surface area contributed by atoms with Gasteiger partial charge in [0.2, 0.25) is 0 Å². The van der Waals surface area contributed by atoms with Gasteiger partial charge < -0.3 is 5.32 Å². The van der Waals surface area contributed by atoms with Gasteiger partial charge in [-0.1, -0.05) is 17.7 Å². The number of amides is 1. The Morgan fingerprint density at radius 3 is 2.50 bits per heavy atom. The highest BCUT2D eigenvalue weighted by Crippen LogP contribution is 2.24. The largest absolute Gasteiger partial charge is 0.306 e. The number of hydrogen-bond acceptors (Lipinski definition) is 3. The van der Waals surface area contributed by atoms with E-state index < -0.39 is 5.91 Å². The van der Waals surface area contributed by atoms with E-state index in [1.807, 2.05) is 13.0 Å². The van der Waals surface area contributed by atoms with Crippen molar-refractivity contribution in [1.29, 1.82) is 0 Å². The number of halogens is 2. The van der Waals surface area contributed by atoms with Crippen LogP contribution in [-0.2, 0) is 0 Å². The number of nitrogens with zero attached hydrogens (tertiary/aromatic N) is 3. The number of anilines is 1. The summed E-state index contributed by atoms with van der Waals surface area (Å²) in [6.07, 6.45) is 1.66. The Morgan fingerprint density at radius 2 is 1.88 bits per heavy atom. The van der Waals surface area contributed by atoms with Crippen LogP contribution in [0.5, 0.6) is 0 Å². The van der Waals surface area contributed by atoms with Crippen molar-refractivity contribution in [3.63, 3.8) is 0 Å². The van der Waals surface area contributed by atoms with Gasteiger partial charge in [-0.25, -0.2) is 14.1 Å². The quantitative estimate of drug-likeness (QED) is 0.783. The first kappa shape index (κ1) is 16.1. The Balaban J connectivity index is 1.92. The van der Waals surface area contributed by atoms with Crippen molar-refractivity contribution in [2.45, 2.75) is 13.8 Å². The van der Waals surface area contributed by atoms with E-state index in [1.165, 1.54) is 28.9 Å². The number of carbonyl (C=O) groups excluding carboxylic acids is 1. The summed E-state index contributed by atoms with van der Waals surface area (Å²) in [6, 6.07) is 9.24. The van der Waals surface area contributed by atoms with Crippen LogP contribution in [0.1, 0.15) is 21.6 Å². The summed E-state index contributed by atoms with van der Waals surface area (Å²) < 4.78 is 14.4. The third-order valence-corrected chi connectivity index (χ3v) is 3.80. The summed E-state index contributed by atoms with van der Waals surface area (Å²) in [4.78, 5) is 16.6. The average molecular weight is 345 g/mol. The molecule has 7 heteroatoms. The Hall–Kier alpha value is -2.73. The topological polar surface area (TPSA) is 59.8 Å². The molecule has 122 valence electrons. The van der Waals surface area contributed by atoms with Gasteiger partial charge in [-0.2, -0.15) is 5.10 Å². The van der Waals surface area contributed by atoms with Gasteiger partial charge in [0.25, 0.3) is 5.91 Å². The minimum atomic E-state index is -0.401. The van der Waals surface area contributed by atoms with Gasteiger partial charge in [-0.05, 0) is 49.7 Å². The van der Waals surface area contributed by atoms with Crippen molar-refractivity contribution in [3.05, 3.63) is 70.4 Å². The van der Waals surface area contributed by atoms with E-state index >= 15 is 0 Å².